The summed E-state index contributed by atoms with van der Waals surface area (Å²) < 4.78 is 28.3. The number of para-hydroxylation sites is 1. The fraction of sp³-hybridized carbons (Fsp3) is 0.529. The maximum atomic E-state index is 14.9. The molecule has 8 nitrogen and oxygen atoms in total. The molecule has 10 heteroatoms. The predicted molar refractivity (Wildman–Crippen MR) is 174 cm³/mol. The average molecular weight is 723 g/mol. The van der Waals surface area contributed by atoms with E-state index in [2.05, 4.69) is 48.7 Å². The van der Waals surface area contributed by atoms with Crippen LogP contribution in [-0.4, -0.2) is 71.0 Å². The fourth-order valence-electron chi connectivity index (χ4n) is 6.23. The van der Waals surface area contributed by atoms with Crippen molar-refractivity contribution in [2.24, 2.45) is 17.8 Å². The molecule has 0 heterocycles. The summed E-state index contributed by atoms with van der Waals surface area (Å²) in [6.07, 6.45) is 2.32. The van der Waals surface area contributed by atoms with E-state index < -0.39 is 35.9 Å². The number of rotatable bonds is 12. The third-order valence-electron chi connectivity index (χ3n) is 8.72. The van der Waals surface area contributed by atoms with E-state index in [1.165, 1.54) is 11.0 Å². The summed E-state index contributed by atoms with van der Waals surface area (Å²) in [7, 11) is 0. The van der Waals surface area contributed by atoms with Gasteiger partial charge in [0.15, 0.2) is 0 Å². The Hall–Kier alpha value is -2.54. The number of carbonyl (C=O) groups excluding carboxylic acids is 2. The largest absolute Gasteiger partial charge is 0.482 e. The van der Waals surface area contributed by atoms with Gasteiger partial charge in [0.1, 0.15) is 30.4 Å². The molecule has 0 spiro atoms. The molecule has 240 valence electrons. The van der Waals surface area contributed by atoms with E-state index >= 15 is 0 Å². The Morgan fingerprint density at radius 1 is 1.14 bits per heavy atom. The molecule has 0 aliphatic heterocycles. The molecule has 2 aromatic carbocycles. The van der Waals surface area contributed by atoms with Crippen LogP contribution in [0.4, 0.5) is 4.39 Å². The Morgan fingerprint density at radius 3 is 2.57 bits per heavy atom. The summed E-state index contributed by atoms with van der Waals surface area (Å²) in [6, 6.07) is 12.6. The van der Waals surface area contributed by atoms with E-state index in [0.717, 1.165) is 22.8 Å². The molecule has 0 radical (unpaired) electrons. The predicted octanol–water partition coefficient (Wildman–Crippen LogP) is 4.85. The minimum Gasteiger partial charge on any atom is -0.482 e. The van der Waals surface area contributed by atoms with Gasteiger partial charge in [0.2, 0.25) is 11.8 Å². The normalized spacial score (nSPS) is 25.3. The third-order valence-corrected chi connectivity index (χ3v) is 9.61. The van der Waals surface area contributed by atoms with Crippen LogP contribution in [0.5, 0.6) is 5.75 Å². The summed E-state index contributed by atoms with van der Waals surface area (Å²) in [4.78, 5) is 28.6. The number of nitrogens with zero attached hydrogens (tertiary/aromatic N) is 1. The number of ether oxygens (including phenoxy) is 2. The molecule has 3 N–H and O–H groups in total. The Kier molecular flexibility index (Phi) is 12.6. The van der Waals surface area contributed by atoms with Crippen molar-refractivity contribution in [1.29, 1.82) is 0 Å². The first kappa shape index (κ1) is 34.3. The van der Waals surface area contributed by atoms with Gasteiger partial charge in [-0.3, -0.25) is 9.59 Å². The van der Waals surface area contributed by atoms with E-state index in [1.54, 1.807) is 30.3 Å². The van der Waals surface area contributed by atoms with Crippen molar-refractivity contribution >= 4 is 34.4 Å². The molecule has 2 amide bonds. The van der Waals surface area contributed by atoms with Gasteiger partial charge < -0.3 is 29.9 Å². The fourth-order valence-corrected chi connectivity index (χ4v) is 6.75. The molecule has 1 saturated carbocycles. The number of hydrogen-bond acceptors (Lipinski definition) is 6. The van der Waals surface area contributed by atoms with Gasteiger partial charge in [0.05, 0.1) is 22.3 Å². The molecule has 2 aliphatic rings. The van der Waals surface area contributed by atoms with E-state index in [0.29, 0.717) is 29.1 Å². The van der Waals surface area contributed by atoms with Crippen LogP contribution < -0.4 is 10.1 Å². The van der Waals surface area contributed by atoms with Crippen LogP contribution >= 0.6 is 22.6 Å². The van der Waals surface area contributed by atoms with E-state index in [1.807, 2.05) is 18.2 Å². The monoisotopic (exact) mass is 722 g/mol. The molecule has 0 bridgehead atoms. The Morgan fingerprint density at radius 2 is 1.86 bits per heavy atom. The number of benzene rings is 2. The van der Waals surface area contributed by atoms with Crippen molar-refractivity contribution < 1.29 is 33.7 Å². The lowest BCUT2D eigenvalue weighted by Gasteiger charge is -2.41. The maximum Gasteiger partial charge on any atom is 0.249 e. The van der Waals surface area contributed by atoms with Crippen LogP contribution in [0, 0.1) is 27.1 Å². The molecular formula is C34H44FIN2O6. The van der Waals surface area contributed by atoms with Crippen molar-refractivity contribution in [3.63, 3.8) is 0 Å². The Labute approximate surface area is 273 Å². The van der Waals surface area contributed by atoms with Gasteiger partial charge in [-0.15, -0.1) is 0 Å². The molecule has 4 rings (SSSR count). The van der Waals surface area contributed by atoms with Crippen LogP contribution in [-0.2, 0) is 20.9 Å². The van der Waals surface area contributed by atoms with Crippen LogP contribution in [0.15, 0.2) is 60.2 Å². The second-order valence-electron chi connectivity index (χ2n) is 12.2. The number of hydrogen-bond donors (Lipinski definition) is 3. The Balaban J connectivity index is 1.65. The van der Waals surface area contributed by atoms with Crippen molar-refractivity contribution in [3.8, 4) is 5.75 Å². The summed E-state index contributed by atoms with van der Waals surface area (Å²) in [6.45, 7) is 6.01. The first-order valence-electron chi connectivity index (χ1n) is 15.4. The standard InChI is InChI=1S/C34H44FIN2O6/c1-21(2)25-13-12-22(3)16-30(25)43-20-32(40)38(19-23-8-4-5-9-26(23)35)28-17-24(34(42)37-14-15-39)18-31(33(28)41)44-29-11-7-6-10-27(29)36/h4-11,18,21-22,25,28,30-31,33,39,41H,12-17,19-20H2,1-3H3,(H,37,42)/t22-,25+,28+,30-,31-,33-/m0/s1. The molecule has 2 aliphatic carbocycles. The lowest BCUT2D eigenvalue weighted by atomic mass is 9.75. The number of halogens is 2. The molecule has 6 atom stereocenters. The van der Waals surface area contributed by atoms with E-state index in [9.17, 15) is 24.2 Å². The number of nitrogens with one attached hydrogen (secondary N) is 1. The molecular weight excluding hydrogens is 678 g/mol. The highest BCUT2D eigenvalue weighted by molar-refractivity contribution is 14.1. The zero-order valence-corrected chi connectivity index (χ0v) is 27.8. The number of amides is 2. The SMILES string of the molecule is CC(C)[C@H]1CC[C@H](C)C[C@@H]1OCC(=O)N(Cc1ccccc1F)[C@@H]1CC(C(=O)NCCO)=C[C@H](Oc2ccccc2I)[C@H]1O. The molecule has 0 aromatic heterocycles. The highest BCUT2D eigenvalue weighted by Gasteiger charge is 2.41. The van der Waals surface area contributed by atoms with Gasteiger partial charge in [-0.25, -0.2) is 4.39 Å². The molecule has 0 unspecified atom stereocenters. The van der Waals surface area contributed by atoms with Gasteiger partial charge in [0.25, 0.3) is 0 Å². The van der Waals surface area contributed by atoms with Gasteiger partial charge in [0, 0.05) is 30.6 Å². The lowest BCUT2D eigenvalue weighted by Crippen LogP contribution is -2.55. The van der Waals surface area contributed by atoms with Gasteiger partial charge in [-0.2, -0.15) is 0 Å². The number of aliphatic hydroxyl groups excluding tert-OH is 2. The molecule has 1 fully saturated rings. The molecule has 0 saturated heterocycles. The molecule has 2 aromatic rings. The first-order chi connectivity index (χ1) is 21.1. The van der Waals surface area contributed by atoms with Crippen LogP contribution in [0.1, 0.15) is 52.0 Å². The summed E-state index contributed by atoms with van der Waals surface area (Å²) in [5, 5.41) is 23.7. The van der Waals surface area contributed by atoms with Crippen molar-refractivity contribution in [2.45, 2.75) is 77.4 Å². The second-order valence-corrected chi connectivity index (χ2v) is 13.4. The Bertz CT molecular complexity index is 1310. The third kappa shape index (κ3) is 8.80. The minimum atomic E-state index is -1.23. The van der Waals surface area contributed by atoms with Gasteiger partial charge in [-0.05, 0) is 77.5 Å². The highest BCUT2D eigenvalue weighted by atomic mass is 127. The topological polar surface area (TPSA) is 108 Å². The zero-order valence-electron chi connectivity index (χ0n) is 25.6. The van der Waals surface area contributed by atoms with Gasteiger partial charge in [-0.1, -0.05) is 57.5 Å². The second kappa shape index (κ2) is 16.1. The summed E-state index contributed by atoms with van der Waals surface area (Å²) in [5.74, 6) is 0.437. The maximum absolute atomic E-state index is 14.9. The average Bonchev–Trinajstić information content (AvgIpc) is 3.00. The van der Waals surface area contributed by atoms with Crippen LogP contribution in [0.25, 0.3) is 0 Å². The van der Waals surface area contributed by atoms with Crippen molar-refractivity contribution in [3.05, 3.63) is 75.1 Å². The zero-order chi connectivity index (χ0) is 31.8. The van der Waals surface area contributed by atoms with Crippen LogP contribution in [0.3, 0.4) is 0 Å². The number of aliphatic hydroxyl groups is 2. The van der Waals surface area contributed by atoms with E-state index in [4.69, 9.17) is 9.47 Å². The first-order valence-corrected chi connectivity index (χ1v) is 16.5. The molecule has 44 heavy (non-hydrogen) atoms. The minimum absolute atomic E-state index is 0.0133. The van der Waals surface area contributed by atoms with Gasteiger partial charge >= 0.3 is 0 Å². The smallest absolute Gasteiger partial charge is 0.249 e. The highest BCUT2D eigenvalue weighted by Crippen LogP contribution is 2.36. The summed E-state index contributed by atoms with van der Waals surface area (Å²) >= 11 is 2.13. The quantitative estimate of drug-likeness (QED) is 0.271. The van der Waals surface area contributed by atoms with Crippen molar-refractivity contribution in [1.82, 2.24) is 10.2 Å². The van der Waals surface area contributed by atoms with Crippen LogP contribution in [0.2, 0.25) is 0 Å². The number of carbonyl (C=O) groups is 2. The van der Waals surface area contributed by atoms with Crippen molar-refractivity contribution in [2.75, 3.05) is 19.8 Å². The summed E-state index contributed by atoms with van der Waals surface area (Å²) in [5.41, 5.74) is 0.591. The lowest BCUT2D eigenvalue weighted by molar-refractivity contribution is -0.149. The van der Waals surface area contributed by atoms with E-state index in [-0.39, 0.29) is 44.4 Å².